The minimum absolute atomic E-state index is 0.542. The fourth-order valence-corrected chi connectivity index (χ4v) is 3.22. The molecule has 0 N–H and O–H groups in total. The van der Waals surface area contributed by atoms with Crippen LogP contribution in [0.15, 0.2) is 42.5 Å². The lowest BCUT2D eigenvalue weighted by Gasteiger charge is -2.10. The molecule has 1 heterocycles. The molecule has 2 aromatic carbocycles. The van der Waals surface area contributed by atoms with E-state index in [0.717, 1.165) is 29.0 Å². The van der Waals surface area contributed by atoms with Crippen LogP contribution in [-0.4, -0.2) is 15.4 Å². The summed E-state index contributed by atoms with van der Waals surface area (Å²) in [7, 11) is 0. The van der Waals surface area contributed by atoms with Crippen molar-refractivity contribution >= 4 is 56.8 Å². The molecule has 0 aliphatic rings. The Labute approximate surface area is 140 Å². The number of imidazole rings is 1. The monoisotopic (exact) mass is 416 g/mol. The first-order chi connectivity index (χ1) is 9.70. The maximum Gasteiger partial charge on any atom is 0.115 e. The number of benzene rings is 2. The van der Waals surface area contributed by atoms with Gasteiger partial charge in [-0.2, -0.15) is 0 Å². The lowest BCUT2D eigenvalue weighted by molar-refractivity contribution is 0.909. The predicted octanol–water partition coefficient (Wildman–Crippen LogP) is 5.06. The van der Waals surface area contributed by atoms with Gasteiger partial charge >= 0.3 is 0 Å². The van der Waals surface area contributed by atoms with Crippen LogP contribution < -0.4 is 0 Å². The van der Waals surface area contributed by atoms with E-state index in [1.807, 2.05) is 30.3 Å². The Bertz CT molecular complexity index is 768. The average molecular weight is 417 g/mol. The van der Waals surface area contributed by atoms with Gasteiger partial charge in [-0.3, -0.25) is 4.57 Å². The molecule has 3 rings (SSSR count). The summed E-state index contributed by atoms with van der Waals surface area (Å²) in [6.45, 7) is 0. The molecule has 0 unspecified atom stereocenters. The minimum atomic E-state index is 0.542. The molecular weight excluding hydrogens is 406 g/mol. The lowest BCUT2D eigenvalue weighted by atomic mass is 10.2. The topological polar surface area (TPSA) is 17.8 Å². The van der Waals surface area contributed by atoms with Crippen molar-refractivity contribution in [3.05, 3.63) is 56.9 Å². The van der Waals surface area contributed by atoms with Crippen LogP contribution in [0.3, 0.4) is 0 Å². The molecule has 20 heavy (non-hydrogen) atoms. The number of fused-ring (bicyclic) bond motifs is 1. The Kier molecular flexibility index (Phi) is 4.19. The summed E-state index contributed by atoms with van der Waals surface area (Å²) >= 11 is 14.3. The van der Waals surface area contributed by atoms with Crippen LogP contribution in [0.1, 0.15) is 5.82 Å². The second-order valence-electron chi connectivity index (χ2n) is 4.39. The van der Waals surface area contributed by atoms with Crippen LogP contribution in [0.5, 0.6) is 0 Å². The molecule has 0 atom stereocenters. The van der Waals surface area contributed by atoms with Crippen LogP contribution in [0.4, 0.5) is 0 Å². The second kappa shape index (κ2) is 5.92. The van der Waals surface area contributed by atoms with Gasteiger partial charge in [0, 0.05) is 20.9 Å². The third-order valence-corrected chi connectivity index (χ3v) is 4.43. The van der Waals surface area contributed by atoms with Crippen molar-refractivity contribution in [1.29, 1.82) is 0 Å². The van der Waals surface area contributed by atoms with E-state index in [-0.39, 0.29) is 0 Å². The summed E-state index contributed by atoms with van der Waals surface area (Å²) in [5.74, 6) is 1.50. The van der Waals surface area contributed by atoms with Crippen molar-refractivity contribution in [2.24, 2.45) is 0 Å². The molecule has 0 amide bonds. The molecule has 0 aliphatic heterocycles. The summed E-state index contributed by atoms with van der Waals surface area (Å²) in [5.41, 5.74) is 3.08. The number of rotatable bonds is 3. The molecule has 0 aliphatic carbocycles. The molecular formula is C15H11Cl2IN2. The summed E-state index contributed by atoms with van der Waals surface area (Å²) in [6.07, 6.45) is 0.721. The van der Waals surface area contributed by atoms with Crippen LogP contribution in [0.2, 0.25) is 5.02 Å². The highest BCUT2D eigenvalue weighted by atomic mass is 127. The zero-order chi connectivity index (χ0) is 14.1. The van der Waals surface area contributed by atoms with E-state index >= 15 is 0 Å². The summed E-state index contributed by atoms with van der Waals surface area (Å²) in [4.78, 5) is 4.67. The fraction of sp³-hybridized carbons (Fsp3) is 0.133. The van der Waals surface area contributed by atoms with Crippen molar-refractivity contribution in [2.75, 3.05) is 5.88 Å². The Morgan fingerprint density at radius 2 is 1.95 bits per heavy atom. The maximum absolute atomic E-state index is 6.06. The Hall–Kier alpha value is -0.780. The van der Waals surface area contributed by atoms with Crippen LogP contribution in [0.25, 0.3) is 16.7 Å². The van der Waals surface area contributed by atoms with E-state index in [1.54, 1.807) is 0 Å². The number of aromatic nitrogens is 2. The number of hydrogen-bond acceptors (Lipinski definition) is 1. The van der Waals surface area contributed by atoms with E-state index in [9.17, 15) is 0 Å². The lowest BCUT2D eigenvalue weighted by Crippen LogP contribution is -2.03. The zero-order valence-electron chi connectivity index (χ0n) is 10.5. The fourth-order valence-electron chi connectivity index (χ4n) is 2.26. The number of halogens is 3. The van der Waals surface area contributed by atoms with E-state index < -0.39 is 0 Å². The number of hydrogen-bond donors (Lipinski definition) is 0. The van der Waals surface area contributed by atoms with E-state index in [2.05, 4.69) is 44.3 Å². The van der Waals surface area contributed by atoms with Gasteiger partial charge in [0.25, 0.3) is 0 Å². The van der Waals surface area contributed by atoms with Crippen LogP contribution in [-0.2, 0) is 6.42 Å². The molecule has 102 valence electrons. The molecule has 0 saturated carbocycles. The highest BCUT2D eigenvalue weighted by molar-refractivity contribution is 14.1. The van der Waals surface area contributed by atoms with Gasteiger partial charge in [0.15, 0.2) is 0 Å². The Morgan fingerprint density at radius 3 is 2.70 bits per heavy atom. The van der Waals surface area contributed by atoms with Gasteiger partial charge in [-0.1, -0.05) is 23.7 Å². The normalized spacial score (nSPS) is 11.2. The van der Waals surface area contributed by atoms with Crippen molar-refractivity contribution < 1.29 is 0 Å². The third kappa shape index (κ3) is 2.54. The first-order valence-electron chi connectivity index (χ1n) is 6.18. The molecule has 3 aromatic rings. The van der Waals surface area contributed by atoms with Gasteiger partial charge in [0.1, 0.15) is 5.82 Å². The Morgan fingerprint density at radius 1 is 1.15 bits per heavy atom. The first kappa shape index (κ1) is 14.2. The average Bonchev–Trinajstić information content (AvgIpc) is 2.77. The second-order valence-corrected chi connectivity index (χ2v) is 6.36. The SMILES string of the molecule is ClCCc1nc2cc(Cl)ccc2n1-c1ccccc1I. The molecule has 0 radical (unpaired) electrons. The summed E-state index contributed by atoms with van der Waals surface area (Å²) < 4.78 is 3.34. The van der Waals surface area contributed by atoms with Gasteiger partial charge in [0.2, 0.25) is 0 Å². The molecule has 0 fully saturated rings. The standard InChI is InChI=1S/C15H11Cl2IN2/c16-8-7-15-19-12-9-10(17)5-6-14(12)20(15)13-4-2-1-3-11(13)18/h1-6,9H,7-8H2. The van der Waals surface area contributed by atoms with Crippen molar-refractivity contribution in [1.82, 2.24) is 9.55 Å². The summed E-state index contributed by atoms with van der Waals surface area (Å²) in [6, 6.07) is 14.0. The van der Waals surface area contributed by atoms with Crippen molar-refractivity contribution in [3.8, 4) is 5.69 Å². The van der Waals surface area contributed by atoms with Gasteiger partial charge in [-0.15, -0.1) is 11.6 Å². The molecule has 0 saturated heterocycles. The van der Waals surface area contributed by atoms with E-state index in [1.165, 1.54) is 3.57 Å². The number of para-hydroxylation sites is 1. The third-order valence-electron chi connectivity index (χ3n) is 3.10. The highest BCUT2D eigenvalue weighted by Crippen LogP contribution is 2.27. The van der Waals surface area contributed by atoms with Crippen molar-refractivity contribution in [2.45, 2.75) is 6.42 Å². The van der Waals surface area contributed by atoms with Crippen molar-refractivity contribution in [3.63, 3.8) is 0 Å². The number of alkyl halides is 1. The highest BCUT2D eigenvalue weighted by Gasteiger charge is 2.14. The smallest absolute Gasteiger partial charge is 0.115 e. The molecule has 2 nitrogen and oxygen atoms in total. The summed E-state index contributed by atoms with van der Waals surface area (Å²) in [5, 5.41) is 0.697. The molecule has 0 bridgehead atoms. The van der Waals surface area contributed by atoms with E-state index in [0.29, 0.717) is 10.9 Å². The van der Waals surface area contributed by atoms with Gasteiger partial charge in [0.05, 0.1) is 16.7 Å². The Balaban J connectivity index is 2.32. The molecule has 0 spiro atoms. The van der Waals surface area contributed by atoms with Gasteiger partial charge < -0.3 is 0 Å². The first-order valence-corrected chi connectivity index (χ1v) is 8.17. The minimum Gasteiger partial charge on any atom is -0.295 e. The van der Waals surface area contributed by atoms with Gasteiger partial charge in [-0.25, -0.2) is 4.98 Å². The van der Waals surface area contributed by atoms with Crippen LogP contribution in [0, 0.1) is 3.57 Å². The van der Waals surface area contributed by atoms with Crippen LogP contribution >= 0.6 is 45.8 Å². The largest absolute Gasteiger partial charge is 0.295 e. The zero-order valence-corrected chi connectivity index (χ0v) is 14.2. The van der Waals surface area contributed by atoms with E-state index in [4.69, 9.17) is 23.2 Å². The quantitative estimate of drug-likeness (QED) is 0.430. The maximum atomic E-state index is 6.06. The molecule has 1 aromatic heterocycles. The molecule has 5 heteroatoms. The number of nitrogens with zero attached hydrogens (tertiary/aromatic N) is 2. The predicted molar refractivity (Wildman–Crippen MR) is 93.2 cm³/mol. The number of aryl methyl sites for hydroxylation is 1. The van der Waals surface area contributed by atoms with Gasteiger partial charge in [-0.05, 0) is 52.9 Å².